The minimum Gasteiger partial charge on any atom is -0.345 e. The van der Waals surface area contributed by atoms with Gasteiger partial charge in [0.2, 0.25) is 0 Å². The van der Waals surface area contributed by atoms with E-state index in [-0.39, 0.29) is 5.41 Å². The van der Waals surface area contributed by atoms with Crippen molar-refractivity contribution < 1.29 is 0 Å². The van der Waals surface area contributed by atoms with Crippen LogP contribution in [0.3, 0.4) is 0 Å². The molecule has 0 saturated carbocycles. The lowest BCUT2D eigenvalue weighted by molar-refractivity contribution is 0.548. The van der Waals surface area contributed by atoms with Crippen molar-refractivity contribution in [2.75, 3.05) is 0 Å². The molecule has 5 heteroatoms. The molecule has 0 fully saturated rings. The monoisotopic (exact) mass is 287 g/mol. The van der Waals surface area contributed by atoms with E-state index >= 15 is 0 Å². The summed E-state index contributed by atoms with van der Waals surface area (Å²) < 4.78 is 0.892. The number of halogens is 2. The zero-order valence-electron chi connectivity index (χ0n) is 8.73. The summed E-state index contributed by atoms with van der Waals surface area (Å²) in [5.41, 5.74) is 0.668. The average molecular weight is 289 g/mol. The number of hydrogen-bond acceptors (Lipinski definition) is 2. The molecular formula is C10H11BrClN3. The topological polar surface area (TPSA) is 41.6 Å². The highest BCUT2D eigenvalue weighted by atomic mass is 79.9. The Bertz CT molecular complexity index is 513. The summed E-state index contributed by atoms with van der Waals surface area (Å²) in [6.45, 7) is 6.17. The molecule has 0 unspecified atom stereocenters. The second kappa shape index (κ2) is 3.46. The molecule has 2 heterocycles. The Morgan fingerprint density at radius 1 is 1.33 bits per heavy atom. The van der Waals surface area contributed by atoms with Gasteiger partial charge in [-0.3, -0.25) is 0 Å². The van der Waals surface area contributed by atoms with E-state index in [0.717, 1.165) is 21.3 Å². The van der Waals surface area contributed by atoms with E-state index in [2.05, 4.69) is 51.7 Å². The van der Waals surface area contributed by atoms with Crippen LogP contribution >= 0.6 is 27.5 Å². The molecule has 0 aliphatic rings. The molecule has 1 N–H and O–H groups in total. The minimum atomic E-state index is -0.102. The molecule has 0 bridgehead atoms. The Morgan fingerprint density at radius 3 is 2.60 bits per heavy atom. The fraction of sp³-hybridized carbons (Fsp3) is 0.400. The molecule has 0 aliphatic heterocycles. The maximum atomic E-state index is 6.11. The molecule has 0 radical (unpaired) electrons. The van der Waals surface area contributed by atoms with Crippen LogP contribution in [0, 0.1) is 0 Å². The summed E-state index contributed by atoms with van der Waals surface area (Å²) in [4.78, 5) is 11.8. The van der Waals surface area contributed by atoms with Crippen LogP contribution < -0.4 is 0 Å². The molecular weight excluding hydrogens is 277 g/mol. The first-order valence-corrected chi connectivity index (χ1v) is 5.77. The first-order chi connectivity index (χ1) is 6.89. The number of aromatic nitrogens is 3. The SMILES string of the molecule is CC(C)(C)c1nc(Cl)c2c(Br)c[nH]c2n1. The highest BCUT2D eigenvalue weighted by Gasteiger charge is 2.20. The summed E-state index contributed by atoms with van der Waals surface area (Å²) in [6, 6.07) is 0. The molecule has 0 amide bonds. The number of nitrogens with zero attached hydrogens (tertiary/aromatic N) is 2. The number of fused-ring (bicyclic) bond motifs is 1. The minimum absolute atomic E-state index is 0.102. The van der Waals surface area contributed by atoms with Gasteiger partial charge in [0.05, 0.1) is 5.39 Å². The van der Waals surface area contributed by atoms with E-state index in [4.69, 9.17) is 11.6 Å². The van der Waals surface area contributed by atoms with Crippen molar-refractivity contribution in [3.63, 3.8) is 0 Å². The Balaban J connectivity index is 2.74. The van der Waals surface area contributed by atoms with Crippen molar-refractivity contribution in [3.8, 4) is 0 Å². The number of hydrogen-bond donors (Lipinski definition) is 1. The van der Waals surface area contributed by atoms with Gasteiger partial charge in [-0.05, 0) is 15.9 Å². The lowest BCUT2D eigenvalue weighted by Crippen LogP contribution is -2.16. The van der Waals surface area contributed by atoms with Gasteiger partial charge >= 0.3 is 0 Å². The molecule has 0 aromatic carbocycles. The Morgan fingerprint density at radius 2 is 2.00 bits per heavy atom. The molecule has 0 saturated heterocycles. The molecule has 0 spiro atoms. The van der Waals surface area contributed by atoms with E-state index in [0.29, 0.717) is 5.15 Å². The van der Waals surface area contributed by atoms with Crippen LogP contribution in [-0.4, -0.2) is 15.0 Å². The summed E-state index contributed by atoms with van der Waals surface area (Å²) in [6.07, 6.45) is 1.82. The highest BCUT2D eigenvalue weighted by molar-refractivity contribution is 9.10. The van der Waals surface area contributed by atoms with Gasteiger partial charge in [0.15, 0.2) is 0 Å². The van der Waals surface area contributed by atoms with Gasteiger partial charge in [-0.1, -0.05) is 32.4 Å². The van der Waals surface area contributed by atoms with Crippen LogP contribution in [0.4, 0.5) is 0 Å². The maximum absolute atomic E-state index is 6.11. The van der Waals surface area contributed by atoms with Crippen LogP contribution in [0.2, 0.25) is 5.15 Å². The van der Waals surface area contributed by atoms with E-state index in [1.165, 1.54) is 0 Å². The molecule has 2 aromatic rings. The molecule has 0 aliphatic carbocycles. The second-order valence-electron chi connectivity index (χ2n) is 4.45. The molecule has 0 atom stereocenters. The Hall–Kier alpha value is -0.610. The summed E-state index contributed by atoms with van der Waals surface area (Å²) >= 11 is 9.51. The van der Waals surface area contributed by atoms with Gasteiger partial charge in [0, 0.05) is 16.1 Å². The number of aromatic amines is 1. The molecule has 2 rings (SSSR count). The molecule has 80 valence electrons. The quantitative estimate of drug-likeness (QED) is 0.752. The normalized spacial score (nSPS) is 12.3. The third-order valence-corrected chi connectivity index (χ3v) is 3.01. The molecule has 15 heavy (non-hydrogen) atoms. The first-order valence-electron chi connectivity index (χ1n) is 4.60. The summed E-state index contributed by atoms with van der Waals surface area (Å²) in [5.74, 6) is 0.745. The Labute approximate surface area is 101 Å². The van der Waals surface area contributed by atoms with Crippen molar-refractivity contribution in [3.05, 3.63) is 21.6 Å². The van der Waals surface area contributed by atoms with Gasteiger partial charge in [0.1, 0.15) is 16.6 Å². The molecule has 3 nitrogen and oxygen atoms in total. The van der Waals surface area contributed by atoms with Crippen LogP contribution in [0.5, 0.6) is 0 Å². The van der Waals surface area contributed by atoms with Crippen molar-refractivity contribution in [1.29, 1.82) is 0 Å². The lowest BCUT2D eigenvalue weighted by atomic mass is 9.96. The highest BCUT2D eigenvalue weighted by Crippen LogP contribution is 2.30. The van der Waals surface area contributed by atoms with E-state index in [9.17, 15) is 0 Å². The fourth-order valence-corrected chi connectivity index (χ4v) is 2.16. The zero-order valence-corrected chi connectivity index (χ0v) is 11.1. The predicted octanol–water partition coefficient (Wildman–Crippen LogP) is 3.67. The van der Waals surface area contributed by atoms with Crippen LogP contribution in [-0.2, 0) is 5.41 Å². The zero-order chi connectivity index (χ0) is 11.2. The summed E-state index contributed by atoms with van der Waals surface area (Å²) in [5, 5.41) is 1.32. The van der Waals surface area contributed by atoms with Crippen molar-refractivity contribution in [2.45, 2.75) is 26.2 Å². The predicted molar refractivity (Wildman–Crippen MR) is 65.3 cm³/mol. The van der Waals surface area contributed by atoms with Gasteiger partial charge in [-0.15, -0.1) is 0 Å². The number of rotatable bonds is 0. The second-order valence-corrected chi connectivity index (χ2v) is 5.66. The average Bonchev–Trinajstić information content (AvgIpc) is 2.46. The number of nitrogens with one attached hydrogen (secondary N) is 1. The van der Waals surface area contributed by atoms with Crippen molar-refractivity contribution in [2.24, 2.45) is 0 Å². The van der Waals surface area contributed by atoms with E-state index < -0.39 is 0 Å². The van der Waals surface area contributed by atoms with Crippen LogP contribution in [0.1, 0.15) is 26.6 Å². The van der Waals surface area contributed by atoms with Gasteiger partial charge in [-0.25, -0.2) is 9.97 Å². The first kappa shape index (κ1) is 10.9. The summed E-state index contributed by atoms with van der Waals surface area (Å²) in [7, 11) is 0. The lowest BCUT2D eigenvalue weighted by Gasteiger charge is -2.16. The van der Waals surface area contributed by atoms with Gasteiger partial charge in [0.25, 0.3) is 0 Å². The van der Waals surface area contributed by atoms with Crippen LogP contribution in [0.15, 0.2) is 10.7 Å². The van der Waals surface area contributed by atoms with Crippen LogP contribution in [0.25, 0.3) is 11.0 Å². The number of H-pyrrole nitrogens is 1. The van der Waals surface area contributed by atoms with Crippen molar-refractivity contribution >= 4 is 38.6 Å². The van der Waals surface area contributed by atoms with E-state index in [1.54, 1.807) is 0 Å². The largest absolute Gasteiger partial charge is 0.345 e. The van der Waals surface area contributed by atoms with Gasteiger partial charge < -0.3 is 4.98 Å². The fourth-order valence-electron chi connectivity index (χ4n) is 1.29. The standard InChI is InChI=1S/C10H11BrClN3/c1-10(2,3)9-14-7(12)6-5(11)4-13-8(6)15-9/h4H,1-3H3,(H,13,14,15). The third-order valence-electron chi connectivity index (χ3n) is 2.11. The van der Waals surface area contributed by atoms with Gasteiger partial charge in [-0.2, -0.15) is 0 Å². The smallest absolute Gasteiger partial charge is 0.143 e. The Kier molecular flexibility index (Phi) is 2.51. The molecule has 2 aromatic heterocycles. The third kappa shape index (κ3) is 1.88. The van der Waals surface area contributed by atoms with Crippen molar-refractivity contribution in [1.82, 2.24) is 15.0 Å². The van der Waals surface area contributed by atoms with E-state index in [1.807, 2.05) is 6.20 Å². The maximum Gasteiger partial charge on any atom is 0.143 e.